The highest BCUT2D eigenvalue weighted by Gasteiger charge is 2.21. The number of rotatable bonds is 8. The Kier molecular flexibility index (Phi) is 6.56. The molecule has 0 atom stereocenters. The predicted molar refractivity (Wildman–Crippen MR) is 142 cm³/mol. The van der Waals surface area contributed by atoms with Crippen molar-refractivity contribution >= 4 is 11.2 Å². The first-order chi connectivity index (χ1) is 17.9. The molecular formula is C27H30N8O2. The maximum Gasteiger partial charge on any atom is 0.332 e. The summed E-state index contributed by atoms with van der Waals surface area (Å²) in [6.45, 7) is 9.23. The first-order valence-electron chi connectivity index (χ1n) is 12.6. The van der Waals surface area contributed by atoms with E-state index in [-0.39, 0.29) is 17.2 Å². The molecule has 5 rings (SSSR count). The van der Waals surface area contributed by atoms with Crippen molar-refractivity contribution in [2.45, 2.75) is 53.8 Å². The fraction of sp³-hybridized carbons (Fsp3) is 0.333. The minimum absolute atomic E-state index is 0.238. The average molecular weight is 499 g/mol. The van der Waals surface area contributed by atoms with E-state index < -0.39 is 0 Å². The van der Waals surface area contributed by atoms with Crippen molar-refractivity contribution in [3.63, 3.8) is 0 Å². The second-order valence-electron chi connectivity index (χ2n) is 9.45. The van der Waals surface area contributed by atoms with Gasteiger partial charge in [0.1, 0.15) is 5.82 Å². The van der Waals surface area contributed by atoms with E-state index in [4.69, 9.17) is 4.98 Å². The Labute approximate surface area is 213 Å². The molecule has 10 heteroatoms. The van der Waals surface area contributed by atoms with E-state index in [9.17, 15) is 9.59 Å². The van der Waals surface area contributed by atoms with Crippen LogP contribution in [0.5, 0.6) is 0 Å². The van der Waals surface area contributed by atoms with Crippen molar-refractivity contribution in [3.05, 3.63) is 80.8 Å². The number of imidazole rings is 1. The van der Waals surface area contributed by atoms with Gasteiger partial charge in [0.2, 0.25) is 5.82 Å². The highest BCUT2D eigenvalue weighted by molar-refractivity contribution is 5.80. The van der Waals surface area contributed by atoms with Crippen molar-refractivity contribution < 1.29 is 0 Å². The van der Waals surface area contributed by atoms with E-state index in [0.29, 0.717) is 43.0 Å². The zero-order valence-electron chi connectivity index (χ0n) is 21.5. The maximum atomic E-state index is 13.4. The first-order valence-corrected chi connectivity index (χ1v) is 12.6. The van der Waals surface area contributed by atoms with Crippen molar-refractivity contribution in [1.29, 1.82) is 0 Å². The van der Waals surface area contributed by atoms with Crippen LogP contribution in [0.2, 0.25) is 0 Å². The quantitative estimate of drug-likeness (QED) is 0.350. The van der Waals surface area contributed by atoms with Gasteiger partial charge in [-0.15, -0.1) is 10.2 Å². The number of hydrogen-bond acceptors (Lipinski definition) is 6. The number of hydrogen-bond donors (Lipinski definition) is 1. The molecule has 0 spiro atoms. The molecule has 0 radical (unpaired) electrons. The Bertz CT molecular complexity index is 1660. The van der Waals surface area contributed by atoms with Gasteiger partial charge in [-0.1, -0.05) is 69.3 Å². The van der Waals surface area contributed by atoms with Gasteiger partial charge in [-0.05, 0) is 34.7 Å². The Morgan fingerprint density at radius 3 is 2.27 bits per heavy atom. The smallest absolute Gasteiger partial charge is 0.318 e. The Morgan fingerprint density at radius 1 is 0.919 bits per heavy atom. The molecule has 190 valence electrons. The standard InChI is InChI=1S/C27H30N8O2/c1-5-22-28-25-23(26(36)33(6-2)27(37)35(25)15-17(3)4)34(22)16-18-11-13-19(14-12-18)20-9-7-8-10-21(20)24-29-31-32-30-24/h7-14,17H,5-6,15-16H2,1-4H3,(H,29,30,31,32). The summed E-state index contributed by atoms with van der Waals surface area (Å²) < 4.78 is 4.92. The van der Waals surface area contributed by atoms with Crippen LogP contribution in [-0.2, 0) is 26.1 Å². The van der Waals surface area contributed by atoms with Crippen LogP contribution >= 0.6 is 0 Å². The molecule has 2 aromatic carbocycles. The van der Waals surface area contributed by atoms with Crippen LogP contribution in [0.25, 0.3) is 33.7 Å². The number of nitrogens with zero attached hydrogens (tertiary/aromatic N) is 7. The van der Waals surface area contributed by atoms with E-state index in [2.05, 4.69) is 58.7 Å². The molecule has 1 N–H and O–H groups in total. The van der Waals surface area contributed by atoms with Gasteiger partial charge in [-0.2, -0.15) is 5.21 Å². The summed E-state index contributed by atoms with van der Waals surface area (Å²) in [5, 5.41) is 14.4. The van der Waals surface area contributed by atoms with Crippen LogP contribution in [0, 0.1) is 5.92 Å². The van der Waals surface area contributed by atoms with Crippen LogP contribution in [0.3, 0.4) is 0 Å². The molecule has 0 saturated carbocycles. The van der Waals surface area contributed by atoms with Crippen LogP contribution < -0.4 is 11.2 Å². The number of H-pyrrole nitrogens is 1. The summed E-state index contributed by atoms with van der Waals surface area (Å²) >= 11 is 0. The molecule has 0 saturated heterocycles. The third-order valence-corrected chi connectivity index (χ3v) is 6.49. The van der Waals surface area contributed by atoms with E-state index in [1.54, 1.807) is 4.57 Å². The molecular weight excluding hydrogens is 468 g/mol. The summed E-state index contributed by atoms with van der Waals surface area (Å²) in [4.78, 5) is 31.3. The number of aromatic nitrogens is 8. The SMILES string of the molecule is CCc1nc2c(c(=O)n(CC)c(=O)n2CC(C)C)n1Cc1ccc(-c2ccccc2-c2nn[nH]n2)cc1. The molecule has 3 heterocycles. The minimum Gasteiger partial charge on any atom is -0.318 e. The van der Waals surface area contributed by atoms with Gasteiger partial charge in [-0.3, -0.25) is 13.9 Å². The molecule has 0 fully saturated rings. The minimum atomic E-state index is -0.300. The molecule has 0 bridgehead atoms. The fourth-order valence-electron chi connectivity index (χ4n) is 4.76. The number of nitrogens with one attached hydrogen (secondary N) is 1. The molecule has 37 heavy (non-hydrogen) atoms. The second kappa shape index (κ2) is 9.96. The summed E-state index contributed by atoms with van der Waals surface area (Å²) in [7, 11) is 0. The molecule has 10 nitrogen and oxygen atoms in total. The third kappa shape index (κ3) is 4.39. The predicted octanol–water partition coefficient (Wildman–Crippen LogP) is 3.49. The molecule has 3 aromatic heterocycles. The van der Waals surface area contributed by atoms with E-state index >= 15 is 0 Å². The monoisotopic (exact) mass is 498 g/mol. The van der Waals surface area contributed by atoms with E-state index in [1.807, 2.05) is 42.7 Å². The van der Waals surface area contributed by atoms with Gasteiger partial charge in [0, 0.05) is 31.6 Å². The zero-order chi connectivity index (χ0) is 26.1. The lowest BCUT2D eigenvalue weighted by Gasteiger charge is -2.14. The maximum absolute atomic E-state index is 13.4. The highest BCUT2D eigenvalue weighted by Crippen LogP contribution is 2.30. The number of aromatic amines is 1. The molecule has 5 aromatic rings. The number of aryl methyl sites for hydroxylation is 1. The third-order valence-electron chi connectivity index (χ3n) is 6.49. The van der Waals surface area contributed by atoms with Crippen molar-refractivity contribution in [2.24, 2.45) is 5.92 Å². The van der Waals surface area contributed by atoms with Gasteiger partial charge < -0.3 is 4.57 Å². The molecule has 0 aliphatic rings. The molecule has 0 amide bonds. The highest BCUT2D eigenvalue weighted by atomic mass is 16.2. The summed E-state index contributed by atoms with van der Waals surface area (Å²) in [6, 6.07) is 16.1. The van der Waals surface area contributed by atoms with Crippen LogP contribution in [0.15, 0.2) is 58.1 Å². The summed E-state index contributed by atoms with van der Waals surface area (Å²) in [6.07, 6.45) is 0.645. The van der Waals surface area contributed by atoms with E-state index in [1.165, 1.54) is 4.57 Å². The van der Waals surface area contributed by atoms with Gasteiger partial charge in [-0.25, -0.2) is 9.78 Å². The Morgan fingerprint density at radius 2 is 1.65 bits per heavy atom. The van der Waals surface area contributed by atoms with Gasteiger partial charge >= 0.3 is 5.69 Å². The Hall–Kier alpha value is -4.34. The number of benzene rings is 2. The van der Waals surface area contributed by atoms with Gasteiger partial charge in [0.25, 0.3) is 5.56 Å². The van der Waals surface area contributed by atoms with Gasteiger partial charge in [0.05, 0.1) is 0 Å². The number of fused-ring (bicyclic) bond motifs is 1. The first kappa shape index (κ1) is 24.4. The lowest BCUT2D eigenvalue weighted by molar-refractivity contribution is 0.491. The van der Waals surface area contributed by atoms with Crippen LogP contribution in [0.4, 0.5) is 0 Å². The molecule has 0 aliphatic heterocycles. The van der Waals surface area contributed by atoms with Crippen molar-refractivity contribution in [2.75, 3.05) is 0 Å². The topological polar surface area (TPSA) is 116 Å². The average Bonchev–Trinajstić information content (AvgIpc) is 3.56. The van der Waals surface area contributed by atoms with Crippen molar-refractivity contribution in [3.8, 4) is 22.5 Å². The van der Waals surface area contributed by atoms with Crippen LogP contribution in [-0.4, -0.2) is 39.3 Å². The summed E-state index contributed by atoms with van der Waals surface area (Å²) in [5.74, 6) is 1.56. The van der Waals surface area contributed by atoms with E-state index in [0.717, 1.165) is 28.1 Å². The molecule has 0 unspecified atom stereocenters. The van der Waals surface area contributed by atoms with Crippen molar-refractivity contribution in [1.82, 2.24) is 39.3 Å². The van der Waals surface area contributed by atoms with Gasteiger partial charge in [0.15, 0.2) is 11.2 Å². The Balaban J connectivity index is 1.58. The summed E-state index contributed by atoms with van der Waals surface area (Å²) in [5.41, 5.74) is 4.29. The second-order valence-corrected chi connectivity index (χ2v) is 9.45. The largest absolute Gasteiger partial charge is 0.332 e. The number of tetrazole rings is 1. The fourth-order valence-corrected chi connectivity index (χ4v) is 4.76. The zero-order valence-corrected chi connectivity index (χ0v) is 21.5. The lowest BCUT2D eigenvalue weighted by Crippen LogP contribution is -2.40. The molecule has 0 aliphatic carbocycles. The lowest BCUT2D eigenvalue weighted by atomic mass is 9.98. The van der Waals surface area contributed by atoms with Crippen LogP contribution in [0.1, 0.15) is 39.1 Å². The normalized spacial score (nSPS) is 11.6.